The topological polar surface area (TPSA) is 50.1 Å². The van der Waals surface area contributed by atoms with Crippen LogP contribution in [-0.4, -0.2) is 12.1 Å². The van der Waals surface area contributed by atoms with E-state index in [9.17, 15) is 10.1 Å². The van der Waals surface area contributed by atoms with E-state index < -0.39 is 5.97 Å². The Balaban J connectivity index is 2.31. The van der Waals surface area contributed by atoms with Crippen molar-refractivity contribution in [2.75, 3.05) is 0 Å². The molecule has 0 saturated carbocycles. The molecule has 2 aromatic carbocycles. The average molecular weight is 380 g/mol. The van der Waals surface area contributed by atoms with Gasteiger partial charge in [-0.3, -0.25) is 0 Å². The molecule has 2 aromatic rings. The minimum atomic E-state index is -0.579. The van der Waals surface area contributed by atoms with Crippen LogP contribution in [0.3, 0.4) is 0 Å². The van der Waals surface area contributed by atoms with Gasteiger partial charge < -0.3 is 4.74 Å². The summed E-state index contributed by atoms with van der Waals surface area (Å²) in [6, 6.07) is 14.5. The lowest BCUT2D eigenvalue weighted by atomic mass is 9.98. The van der Waals surface area contributed by atoms with Crippen LogP contribution in [0.2, 0.25) is 0 Å². The number of hydrogen-bond acceptors (Lipinski definition) is 4. The van der Waals surface area contributed by atoms with Gasteiger partial charge in [0.15, 0.2) is 0 Å². The van der Waals surface area contributed by atoms with Crippen LogP contribution >= 0.6 is 11.8 Å². The zero-order valence-corrected chi connectivity index (χ0v) is 17.3. The van der Waals surface area contributed by atoms with E-state index in [-0.39, 0.29) is 11.7 Å². The molecule has 27 heavy (non-hydrogen) atoms. The molecular weight excluding hydrogens is 354 g/mol. The fourth-order valence-corrected chi connectivity index (χ4v) is 3.79. The number of aryl methyl sites for hydroxylation is 2. The molecule has 0 amide bonds. The Bertz CT molecular complexity index is 907. The summed E-state index contributed by atoms with van der Waals surface area (Å²) in [6.45, 7) is 9.70. The third-order valence-electron chi connectivity index (χ3n) is 4.16. The first-order valence-electron chi connectivity index (χ1n) is 8.93. The number of esters is 1. The molecule has 0 bridgehead atoms. The molecule has 140 valence electrons. The molecule has 0 unspecified atom stereocenters. The zero-order valence-electron chi connectivity index (χ0n) is 16.5. The number of thioether (sulfide) groups is 1. The first-order chi connectivity index (χ1) is 12.8. The smallest absolute Gasteiger partial charge is 0.349 e. The van der Waals surface area contributed by atoms with Crippen LogP contribution in [0.5, 0.6) is 0 Å². The molecule has 0 aliphatic carbocycles. The number of nitrogens with zero attached hydrogens (tertiary/aromatic N) is 1. The van der Waals surface area contributed by atoms with E-state index in [0.29, 0.717) is 0 Å². The van der Waals surface area contributed by atoms with Gasteiger partial charge in [0, 0.05) is 10.6 Å². The molecule has 4 heteroatoms. The summed E-state index contributed by atoms with van der Waals surface area (Å²) in [5.74, 6) is 0.251. The van der Waals surface area contributed by atoms with E-state index in [1.807, 2.05) is 38.1 Å². The van der Waals surface area contributed by atoms with Crippen molar-refractivity contribution in [2.24, 2.45) is 0 Å². The lowest BCUT2D eigenvalue weighted by Gasteiger charge is -2.13. The molecule has 0 atom stereocenters. The van der Waals surface area contributed by atoms with Gasteiger partial charge in [0.25, 0.3) is 0 Å². The van der Waals surface area contributed by atoms with E-state index >= 15 is 0 Å². The molecule has 0 aromatic heterocycles. The Morgan fingerprint density at radius 2 is 1.93 bits per heavy atom. The molecule has 0 aliphatic rings. The molecule has 2 rings (SSSR count). The van der Waals surface area contributed by atoms with Gasteiger partial charge in [-0.2, -0.15) is 5.26 Å². The van der Waals surface area contributed by atoms with Crippen molar-refractivity contribution in [3.05, 3.63) is 69.8 Å². The summed E-state index contributed by atoms with van der Waals surface area (Å²) in [5.41, 5.74) is 5.54. The average Bonchev–Trinajstić information content (AvgIpc) is 2.61. The Hall–Kier alpha value is -2.51. The van der Waals surface area contributed by atoms with E-state index in [1.54, 1.807) is 31.7 Å². The summed E-state index contributed by atoms with van der Waals surface area (Å²) in [6.07, 6.45) is 1.38. The van der Waals surface area contributed by atoms with Crippen LogP contribution < -0.4 is 0 Å². The van der Waals surface area contributed by atoms with Crippen LogP contribution in [0.4, 0.5) is 0 Å². The summed E-state index contributed by atoms with van der Waals surface area (Å²) in [5, 5.41) is 9.36. The number of hydrogen-bond donors (Lipinski definition) is 0. The SMILES string of the molecule is Cc1cc(/C=C(\C#N)C(=O)OC(C)C)c(C)c(CSc2ccccc2C)c1. The summed E-state index contributed by atoms with van der Waals surface area (Å²) < 4.78 is 5.16. The third-order valence-corrected chi connectivity index (χ3v) is 5.38. The highest BCUT2D eigenvalue weighted by molar-refractivity contribution is 7.98. The van der Waals surface area contributed by atoms with Crippen molar-refractivity contribution in [1.29, 1.82) is 5.26 Å². The number of rotatable bonds is 6. The molecule has 0 N–H and O–H groups in total. The Morgan fingerprint density at radius 1 is 1.22 bits per heavy atom. The standard InChI is InChI=1S/C23H25NO2S/c1-15(2)26-23(25)20(13-24)12-19-10-16(3)11-21(18(19)5)14-27-22-9-7-6-8-17(22)4/h6-12,15H,14H2,1-5H3/b20-12+. The molecule has 0 fully saturated rings. The van der Waals surface area contributed by atoms with Crippen LogP contribution in [-0.2, 0) is 15.3 Å². The largest absolute Gasteiger partial charge is 0.459 e. The first kappa shape index (κ1) is 20.8. The van der Waals surface area contributed by atoms with Crippen molar-refractivity contribution in [2.45, 2.75) is 51.4 Å². The Morgan fingerprint density at radius 3 is 2.56 bits per heavy atom. The zero-order chi connectivity index (χ0) is 20.0. The molecule has 0 spiro atoms. The maximum absolute atomic E-state index is 12.1. The maximum atomic E-state index is 12.1. The minimum Gasteiger partial charge on any atom is -0.459 e. The molecule has 0 heterocycles. The first-order valence-corrected chi connectivity index (χ1v) is 9.91. The van der Waals surface area contributed by atoms with Gasteiger partial charge in [-0.05, 0) is 69.0 Å². The molecule has 0 radical (unpaired) electrons. The molecule has 0 saturated heterocycles. The second-order valence-electron chi connectivity index (χ2n) is 6.82. The molecular formula is C23H25NO2S. The van der Waals surface area contributed by atoms with Gasteiger partial charge in [-0.1, -0.05) is 35.9 Å². The minimum absolute atomic E-state index is 0.0231. The quantitative estimate of drug-likeness (QED) is 0.277. The van der Waals surface area contributed by atoms with E-state index in [2.05, 4.69) is 25.1 Å². The van der Waals surface area contributed by atoms with Gasteiger partial charge >= 0.3 is 5.97 Å². The van der Waals surface area contributed by atoms with Crippen molar-refractivity contribution in [1.82, 2.24) is 0 Å². The van der Waals surface area contributed by atoms with E-state index in [0.717, 1.165) is 22.4 Å². The summed E-state index contributed by atoms with van der Waals surface area (Å²) in [7, 11) is 0. The van der Waals surface area contributed by atoms with Crippen LogP contribution in [0.15, 0.2) is 46.9 Å². The van der Waals surface area contributed by atoms with Crippen LogP contribution in [0.1, 0.15) is 41.7 Å². The highest BCUT2D eigenvalue weighted by atomic mass is 32.2. The van der Waals surface area contributed by atoms with E-state index in [1.165, 1.54) is 16.0 Å². The van der Waals surface area contributed by atoms with Crippen molar-refractivity contribution in [3.8, 4) is 6.07 Å². The number of nitriles is 1. The number of benzene rings is 2. The normalized spacial score (nSPS) is 11.4. The fourth-order valence-electron chi connectivity index (χ4n) is 2.71. The molecule has 3 nitrogen and oxygen atoms in total. The number of carbonyl (C=O) groups is 1. The van der Waals surface area contributed by atoms with Gasteiger partial charge in [0.2, 0.25) is 0 Å². The monoisotopic (exact) mass is 379 g/mol. The van der Waals surface area contributed by atoms with Crippen molar-refractivity contribution < 1.29 is 9.53 Å². The lowest BCUT2D eigenvalue weighted by Crippen LogP contribution is -2.12. The van der Waals surface area contributed by atoms with Gasteiger partial charge in [0.05, 0.1) is 6.10 Å². The Labute approximate surface area is 166 Å². The second kappa shape index (κ2) is 9.43. The summed E-state index contributed by atoms with van der Waals surface area (Å²) in [4.78, 5) is 13.4. The number of ether oxygens (including phenoxy) is 1. The van der Waals surface area contributed by atoms with Crippen LogP contribution in [0.25, 0.3) is 6.08 Å². The third kappa shape index (κ3) is 5.74. The van der Waals surface area contributed by atoms with Gasteiger partial charge in [-0.15, -0.1) is 11.8 Å². The van der Waals surface area contributed by atoms with Gasteiger partial charge in [-0.25, -0.2) is 4.79 Å². The van der Waals surface area contributed by atoms with Crippen molar-refractivity contribution in [3.63, 3.8) is 0 Å². The molecule has 0 aliphatic heterocycles. The Kier molecular flexibility index (Phi) is 7.27. The highest BCUT2D eigenvalue weighted by Crippen LogP contribution is 2.29. The summed E-state index contributed by atoms with van der Waals surface area (Å²) >= 11 is 1.79. The van der Waals surface area contributed by atoms with Crippen molar-refractivity contribution >= 4 is 23.8 Å². The highest BCUT2D eigenvalue weighted by Gasteiger charge is 2.14. The number of carbonyl (C=O) groups excluding carboxylic acids is 1. The predicted molar refractivity (Wildman–Crippen MR) is 111 cm³/mol. The second-order valence-corrected chi connectivity index (χ2v) is 7.83. The predicted octanol–water partition coefficient (Wildman–Crippen LogP) is 5.76. The van der Waals surface area contributed by atoms with Gasteiger partial charge in [0.1, 0.15) is 11.6 Å². The van der Waals surface area contributed by atoms with E-state index in [4.69, 9.17) is 4.74 Å². The lowest BCUT2D eigenvalue weighted by molar-refractivity contribution is -0.142. The fraction of sp³-hybridized carbons (Fsp3) is 0.304. The van der Waals surface area contributed by atoms with Crippen LogP contribution in [0, 0.1) is 32.1 Å². The maximum Gasteiger partial charge on any atom is 0.349 e.